The van der Waals surface area contributed by atoms with Gasteiger partial charge in [-0.25, -0.2) is 0 Å². The number of benzene rings is 2. The van der Waals surface area contributed by atoms with E-state index in [0.717, 1.165) is 17.0 Å². The van der Waals surface area contributed by atoms with E-state index in [1.165, 1.54) is 11.9 Å². The van der Waals surface area contributed by atoms with Gasteiger partial charge >= 0.3 is 0 Å². The minimum Gasteiger partial charge on any atom is -0.360 e. The summed E-state index contributed by atoms with van der Waals surface area (Å²) in [6.07, 6.45) is 1.33. The largest absolute Gasteiger partial charge is 0.360 e. The van der Waals surface area contributed by atoms with Crippen molar-refractivity contribution in [3.05, 3.63) is 83.4 Å². The van der Waals surface area contributed by atoms with Crippen molar-refractivity contribution in [3.63, 3.8) is 0 Å². The zero-order valence-electron chi connectivity index (χ0n) is 18.3. The molecule has 2 heterocycles. The van der Waals surface area contributed by atoms with Crippen molar-refractivity contribution in [2.75, 3.05) is 5.32 Å². The van der Waals surface area contributed by atoms with Crippen LogP contribution in [0.2, 0.25) is 0 Å². The number of amides is 1. The maximum atomic E-state index is 11.9. The van der Waals surface area contributed by atoms with Gasteiger partial charge < -0.3 is 14.4 Å². The van der Waals surface area contributed by atoms with Crippen molar-refractivity contribution in [2.24, 2.45) is 0 Å². The molecule has 0 fully saturated rings. The highest BCUT2D eigenvalue weighted by Crippen LogP contribution is 2.25. The normalized spacial score (nSPS) is 10.9. The summed E-state index contributed by atoms with van der Waals surface area (Å²) in [6.45, 7) is 10.2. The molecule has 4 rings (SSSR count). The number of hydrogen-bond acceptors (Lipinski definition) is 6. The number of carbonyl (C=O) groups is 1. The van der Waals surface area contributed by atoms with Gasteiger partial charge in [0.2, 0.25) is 0 Å². The predicted octanol–water partition coefficient (Wildman–Crippen LogP) is 5.58. The van der Waals surface area contributed by atoms with Crippen LogP contribution < -0.4 is 5.32 Å². The van der Waals surface area contributed by atoms with Gasteiger partial charge in [-0.1, -0.05) is 66.5 Å². The molecule has 0 atom stereocenters. The van der Waals surface area contributed by atoms with Crippen molar-refractivity contribution < 1.29 is 13.8 Å². The molecule has 0 aliphatic carbocycles. The molecule has 0 saturated heterocycles. The van der Waals surface area contributed by atoms with E-state index in [2.05, 4.69) is 20.6 Å². The molecule has 0 saturated carbocycles. The van der Waals surface area contributed by atoms with E-state index in [1.807, 2.05) is 89.2 Å². The van der Waals surface area contributed by atoms with E-state index in [0.29, 0.717) is 17.1 Å². The van der Waals surface area contributed by atoms with Gasteiger partial charge in [-0.3, -0.25) is 4.79 Å². The summed E-state index contributed by atoms with van der Waals surface area (Å²) in [4.78, 5) is 15.8. The van der Waals surface area contributed by atoms with Crippen molar-refractivity contribution in [3.8, 4) is 11.6 Å². The summed E-state index contributed by atoms with van der Waals surface area (Å²) >= 11 is 0. The number of nitrogens with one attached hydrogen (secondary N) is 1. The molecule has 0 spiro atoms. The fourth-order valence-electron chi connectivity index (χ4n) is 2.56. The fourth-order valence-corrected chi connectivity index (χ4v) is 2.56. The topological polar surface area (TPSA) is 94.1 Å². The quantitative estimate of drug-likeness (QED) is 0.467. The van der Waals surface area contributed by atoms with Gasteiger partial charge in [-0.2, -0.15) is 4.98 Å². The molecule has 7 heteroatoms. The third kappa shape index (κ3) is 6.12. The van der Waals surface area contributed by atoms with E-state index >= 15 is 0 Å². The van der Waals surface area contributed by atoms with Crippen LogP contribution >= 0.6 is 0 Å². The Morgan fingerprint density at radius 2 is 1.52 bits per heavy atom. The summed E-state index contributed by atoms with van der Waals surface area (Å²) in [7, 11) is 0. The first-order chi connectivity index (χ1) is 14.7. The standard InChI is InChI=1S/C15H15NO.C9H11N3O2/c1-11-3-7-13(8-4-11)15(17)16-14-9-5-12(2)6-10-14;1-9(2,3)7-4-6(12-13-7)8-10-5-11-14-8/h3-10H,1-2H3,(H,16,17);4-5H,1-3H3. The van der Waals surface area contributed by atoms with Crippen LogP contribution in [0.15, 0.2) is 70.0 Å². The first kappa shape index (κ1) is 22.0. The second-order valence-electron chi connectivity index (χ2n) is 8.26. The van der Waals surface area contributed by atoms with Gasteiger partial charge in [0.05, 0.1) is 0 Å². The Hall–Kier alpha value is -3.74. The first-order valence-electron chi connectivity index (χ1n) is 9.91. The monoisotopic (exact) mass is 418 g/mol. The molecule has 0 radical (unpaired) electrons. The first-order valence-corrected chi connectivity index (χ1v) is 9.91. The molecule has 0 bridgehead atoms. The van der Waals surface area contributed by atoms with Crippen LogP contribution in [-0.2, 0) is 5.41 Å². The van der Waals surface area contributed by atoms with Crippen molar-refractivity contribution in [1.29, 1.82) is 0 Å². The molecule has 31 heavy (non-hydrogen) atoms. The number of aromatic nitrogens is 3. The number of carbonyl (C=O) groups excluding carboxylic acids is 1. The number of anilines is 1. The predicted molar refractivity (Wildman–Crippen MR) is 119 cm³/mol. The van der Waals surface area contributed by atoms with Gasteiger partial charge in [0.15, 0.2) is 12.0 Å². The maximum absolute atomic E-state index is 11.9. The third-order valence-electron chi connectivity index (χ3n) is 4.45. The van der Waals surface area contributed by atoms with Gasteiger partial charge in [-0.15, -0.1) is 0 Å². The van der Waals surface area contributed by atoms with Gasteiger partial charge in [-0.05, 0) is 38.1 Å². The number of nitrogens with zero attached hydrogens (tertiary/aromatic N) is 3. The van der Waals surface area contributed by atoms with E-state index in [1.54, 1.807) is 0 Å². The molecule has 2 aromatic heterocycles. The van der Waals surface area contributed by atoms with E-state index in [4.69, 9.17) is 9.05 Å². The number of aryl methyl sites for hydroxylation is 2. The molecule has 0 aliphatic heterocycles. The highest BCUT2D eigenvalue weighted by molar-refractivity contribution is 6.04. The van der Waals surface area contributed by atoms with Gasteiger partial charge in [0.1, 0.15) is 5.76 Å². The SMILES string of the molecule is CC(C)(C)c1cc(-c2ncno2)no1.Cc1ccc(NC(=O)c2ccc(C)cc2)cc1. The Balaban J connectivity index is 0.000000179. The lowest BCUT2D eigenvalue weighted by Crippen LogP contribution is -2.11. The highest BCUT2D eigenvalue weighted by Gasteiger charge is 2.21. The minimum atomic E-state index is -0.0751. The molecule has 0 unspecified atom stereocenters. The van der Waals surface area contributed by atoms with Crippen LogP contribution in [0.1, 0.15) is 48.0 Å². The zero-order valence-corrected chi connectivity index (χ0v) is 18.3. The average Bonchev–Trinajstić information content (AvgIpc) is 3.42. The second kappa shape index (κ2) is 9.38. The average molecular weight is 418 g/mol. The Labute approximate surface area is 181 Å². The summed E-state index contributed by atoms with van der Waals surface area (Å²) in [5.74, 6) is 1.10. The van der Waals surface area contributed by atoms with E-state index in [-0.39, 0.29) is 11.3 Å². The summed E-state index contributed by atoms with van der Waals surface area (Å²) in [5.41, 5.74) is 4.34. The Morgan fingerprint density at radius 1 is 0.903 bits per heavy atom. The van der Waals surface area contributed by atoms with Crippen LogP contribution in [-0.4, -0.2) is 21.2 Å². The molecule has 1 N–H and O–H groups in total. The summed E-state index contributed by atoms with van der Waals surface area (Å²) in [5, 5.41) is 10.2. The van der Waals surface area contributed by atoms with E-state index < -0.39 is 0 Å². The second-order valence-corrected chi connectivity index (χ2v) is 8.26. The smallest absolute Gasteiger partial charge is 0.279 e. The molecule has 0 aliphatic rings. The lowest BCUT2D eigenvalue weighted by atomic mass is 9.93. The van der Waals surface area contributed by atoms with E-state index in [9.17, 15) is 4.79 Å². The molecule has 1 amide bonds. The minimum absolute atomic E-state index is 0.0642. The van der Waals surface area contributed by atoms with Crippen LogP contribution in [0, 0.1) is 13.8 Å². The van der Waals surface area contributed by atoms with Crippen LogP contribution in [0.4, 0.5) is 5.69 Å². The zero-order chi connectivity index (χ0) is 22.4. The molecular weight excluding hydrogens is 392 g/mol. The van der Waals surface area contributed by atoms with Gasteiger partial charge in [0.25, 0.3) is 11.8 Å². The fraction of sp³-hybridized carbons (Fsp3) is 0.250. The summed E-state index contributed by atoms with van der Waals surface area (Å²) < 4.78 is 10.0. The lowest BCUT2D eigenvalue weighted by molar-refractivity contribution is 0.102. The maximum Gasteiger partial charge on any atom is 0.279 e. The van der Waals surface area contributed by atoms with Crippen molar-refractivity contribution in [2.45, 2.75) is 40.0 Å². The number of hydrogen-bond donors (Lipinski definition) is 1. The van der Waals surface area contributed by atoms with Crippen molar-refractivity contribution in [1.82, 2.24) is 15.3 Å². The summed E-state index contributed by atoms with van der Waals surface area (Å²) in [6, 6.07) is 17.1. The molecular formula is C24H26N4O3. The van der Waals surface area contributed by atoms with Crippen molar-refractivity contribution >= 4 is 11.6 Å². The van der Waals surface area contributed by atoms with Crippen LogP contribution in [0.5, 0.6) is 0 Å². The van der Waals surface area contributed by atoms with Crippen LogP contribution in [0.3, 0.4) is 0 Å². The Bertz CT molecular complexity index is 1110. The molecule has 7 nitrogen and oxygen atoms in total. The third-order valence-corrected chi connectivity index (χ3v) is 4.45. The lowest BCUT2D eigenvalue weighted by Gasteiger charge is -2.11. The van der Waals surface area contributed by atoms with Gasteiger partial charge in [0, 0.05) is 22.7 Å². The number of rotatable bonds is 3. The Morgan fingerprint density at radius 3 is 2.03 bits per heavy atom. The molecule has 2 aromatic carbocycles. The highest BCUT2D eigenvalue weighted by atomic mass is 16.5. The Kier molecular flexibility index (Phi) is 6.65. The van der Waals surface area contributed by atoms with Crippen LogP contribution in [0.25, 0.3) is 11.6 Å². The molecule has 4 aromatic rings. The molecule has 160 valence electrons.